The number of hydrogen-bond donors (Lipinski definition) is 1. The number of ether oxygens (including phenoxy) is 1. The standard InChI is InChI=1S/C20H24N2O2.ClH/c1-21-15-16-11-13-22(14-12-16)20(23)17-7-9-19(10-8-17)24-18-5-3-2-4-6-18;/h2-10,16,21H,11-15H2,1H3;1H. The lowest BCUT2D eigenvalue weighted by atomic mass is 9.96. The summed E-state index contributed by atoms with van der Waals surface area (Å²) in [5.74, 6) is 2.33. The fourth-order valence-electron chi connectivity index (χ4n) is 3.10. The monoisotopic (exact) mass is 360 g/mol. The molecule has 0 unspecified atom stereocenters. The largest absolute Gasteiger partial charge is 0.457 e. The first-order valence-electron chi connectivity index (χ1n) is 8.53. The molecular formula is C20H25ClN2O2. The SMILES string of the molecule is CNCC1CCN(C(=O)c2ccc(Oc3ccccc3)cc2)CC1.Cl. The van der Waals surface area contributed by atoms with Crippen LogP contribution >= 0.6 is 12.4 Å². The first-order chi connectivity index (χ1) is 11.8. The summed E-state index contributed by atoms with van der Waals surface area (Å²) in [5, 5.41) is 3.22. The Labute approximate surface area is 155 Å². The van der Waals surface area contributed by atoms with E-state index in [-0.39, 0.29) is 18.3 Å². The van der Waals surface area contributed by atoms with E-state index >= 15 is 0 Å². The summed E-state index contributed by atoms with van der Waals surface area (Å²) in [7, 11) is 1.98. The summed E-state index contributed by atoms with van der Waals surface area (Å²) in [6.07, 6.45) is 2.14. The molecule has 5 heteroatoms. The van der Waals surface area contributed by atoms with Crippen molar-refractivity contribution in [2.24, 2.45) is 5.92 Å². The molecule has 1 aliphatic heterocycles. The number of para-hydroxylation sites is 1. The zero-order valence-corrected chi connectivity index (χ0v) is 15.3. The van der Waals surface area contributed by atoms with Crippen LogP contribution in [-0.2, 0) is 0 Å². The summed E-state index contributed by atoms with van der Waals surface area (Å²) in [6, 6.07) is 17.1. The highest BCUT2D eigenvalue weighted by Gasteiger charge is 2.23. The molecule has 134 valence electrons. The summed E-state index contributed by atoms with van der Waals surface area (Å²) < 4.78 is 5.77. The third-order valence-electron chi connectivity index (χ3n) is 4.47. The number of piperidine rings is 1. The van der Waals surface area contributed by atoms with Gasteiger partial charge >= 0.3 is 0 Å². The molecule has 0 aliphatic carbocycles. The van der Waals surface area contributed by atoms with E-state index in [2.05, 4.69) is 5.32 Å². The molecule has 1 amide bonds. The highest BCUT2D eigenvalue weighted by molar-refractivity contribution is 5.94. The average Bonchev–Trinajstić information content (AvgIpc) is 2.64. The van der Waals surface area contributed by atoms with E-state index in [1.54, 1.807) is 0 Å². The van der Waals surface area contributed by atoms with Crippen molar-refractivity contribution in [3.8, 4) is 11.5 Å². The minimum atomic E-state index is 0. The van der Waals surface area contributed by atoms with Crippen molar-refractivity contribution in [1.29, 1.82) is 0 Å². The highest BCUT2D eigenvalue weighted by Crippen LogP contribution is 2.23. The highest BCUT2D eigenvalue weighted by atomic mass is 35.5. The number of nitrogens with zero attached hydrogens (tertiary/aromatic N) is 1. The Kier molecular flexibility index (Phi) is 7.29. The molecule has 2 aromatic rings. The van der Waals surface area contributed by atoms with Crippen molar-refractivity contribution >= 4 is 18.3 Å². The van der Waals surface area contributed by atoms with E-state index < -0.39 is 0 Å². The molecule has 0 bridgehead atoms. The van der Waals surface area contributed by atoms with Gasteiger partial charge in [0.05, 0.1) is 0 Å². The number of benzene rings is 2. The van der Waals surface area contributed by atoms with Gasteiger partial charge in [0.2, 0.25) is 0 Å². The van der Waals surface area contributed by atoms with Gasteiger partial charge in [-0.25, -0.2) is 0 Å². The fourth-order valence-corrected chi connectivity index (χ4v) is 3.10. The van der Waals surface area contributed by atoms with Crippen LogP contribution in [0.15, 0.2) is 54.6 Å². The van der Waals surface area contributed by atoms with Crippen molar-refractivity contribution in [3.63, 3.8) is 0 Å². The van der Waals surface area contributed by atoms with Crippen molar-refractivity contribution in [2.45, 2.75) is 12.8 Å². The van der Waals surface area contributed by atoms with Crippen LogP contribution in [0, 0.1) is 5.92 Å². The van der Waals surface area contributed by atoms with E-state index in [4.69, 9.17) is 4.74 Å². The molecule has 25 heavy (non-hydrogen) atoms. The third kappa shape index (κ3) is 5.21. The number of rotatable bonds is 5. The molecular weight excluding hydrogens is 336 g/mol. The quantitative estimate of drug-likeness (QED) is 0.877. The van der Waals surface area contributed by atoms with Crippen molar-refractivity contribution < 1.29 is 9.53 Å². The van der Waals surface area contributed by atoms with Gasteiger partial charge in [-0.05, 0) is 68.8 Å². The molecule has 0 saturated carbocycles. The number of carbonyl (C=O) groups is 1. The summed E-state index contributed by atoms with van der Waals surface area (Å²) >= 11 is 0. The molecule has 1 aliphatic rings. The summed E-state index contributed by atoms with van der Waals surface area (Å²) in [4.78, 5) is 14.6. The minimum Gasteiger partial charge on any atom is -0.457 e. The van der Waals surface area contributed by atoms with Crippen LogP contribution in [0.2, 0.25) is 0 Å². The lowest BCUT2D eigenvalue weighted by Gasteiger charge is -2.32. The molecule has 0 spiro atoms. The second-order valence-corrected chi connectivity index (χ2v) is 6.23. The number of amides is 1. The van der Waals surface area contributed by atoms with E-state index in [0.717, 1.165) is 49.5 Å². The molecule has 1 N–H and O–H groups in total. The number of carbonyl (C=O) groups excluding carboxylic acids is 1. The van der Waals surface area contributed by atoms with Gasteiger partial charge < -0.3 is 15.0 Å². The van der Waals surface area contributed by atoms with Gasteiger partial charge in [-0.3, -0.25) is 4.79 Å². The zero-order chi connectivity index (χ0) is 16.8. The second kappa shape index (κ2) is 9.44. The maximum Gasteiger partial charge on any atom is 0.253 e. The topological polar surface area (TPSA) is 41.6 Å². The van der Waals surface area contributed by atoms with Crippen LogP contribution < -0.4 is 10.1 Å². The number of hydrogen-bond acceptors (Lipinski definition) is 3. The maximum atomic E-state index is 12.6. The van der Waals surface area contributed by atoms with E-state index in [9.17, 15) is 4.79 Å². The van der Waals surface area contributed by atoms with E-state index in [1.165, 1.54) is 0 Å². The molecule has 1 heterocycles. The summed E-state index contributed by atoms with van der Waals surface area (Å²) in [6.45, 7) is 2.72. The first kappa shape index (κ1) is 19.3. The van der Waals surface area contributed by atoms with Gasteiger partial charge in [-0.2, -0.15) is 0 Å². The Balaban J connectivity index is 0.00000225. The van der Waals surface area contributed by atoms with Crippen LogP contribution in [0.1, 0.15) is 23.2 Å². The van der Waals surface area contributed by atoms with Crippen LogP contribution in [0.5, 0.6) is 11.5 Å². The summed E-state index contributed by atoms with van der Waals surface area (Å²) in [5.41, 5.74) is 0.725. The van der Waals surface area contributed by atoms with Crippen LogP contribution in [0.3, 0.4) is 0 Å². The van der Waals surface area contributed by atoms with Gasteiger partial charge in [0.1, 0.15) is 11.5 Å². The Morgan fingerprint density at radius 2 is 1.64 bits per heavy atom. The molecule has 3 rings (SSSR count). The number of nitrogens with one attached hydrogen (secondary N) is 1. The number of likely N-dealkylation sites (tertiary alicyclic amines) is 1. The normalized spacial score (nSPS) is 14.7. The van der Waals surface area contributed by atoms with Crippen LogP contribution in [-0.4, -0.2) is 37.5 Å². The molecule has 0 atom stereocenters. The van der Waals surface area contributed by atoms with E-state index in [0.29, 0.717) is 5.92 Å². The molecule has 0 aromatic heterocycles. The van der Waals surface area contributed by atoms with Crippen molar-refractivity contribution in [2.75, 3.05) is 26.7 Å². The van der Waals surface area contributed by atoms with Gasteiger partial charge in [0.25, 0.3) is 5.91 Å². The zero-order valence-electron chi connectivity index (χ0n) is 14.5. The molecule has 4 nitrogen and oxygen atoms in total. The van der Waals surface area contributed by atoms with Gasteiger partial charge in [0.15, 0.2) is 0 Å². The van der Waals surface area contributed by atoms with Crippen LogP contribution in [0.4, 0.5) is 0 Å². The lowest BCUT2D eigenvalue weighted by molar-refractivity contribution is 0.0691. The first-order valence-corrected chi connectivity index (χ1v) is 8.53. The number of halogens is 1. The van der Waals surface area contributed by atoms with Gasteiger partial charge in [-0.1, -0.05) is 18.2 Å². The predicted octanol–water partition coefficient (Wildman–Crippen LogP) is 3.97. The smallest absolute Gasteiger partial charge is 0.253 e. The maximum absolute atomic E-state index is 12.6. The average molecular weight is 361 g/mol. The third-order valence-corrected chi connectivity index (χ3v) is 4.47. The lowest BCUT2D eigenvalue weighted by Crippen LogP contribution is -2.40. The molecule has 1 saturated heterocycles. The molecule has 0 radical (unpaired) electrons. The predicted molar refractivity (Wildman–Crippen MR) is 103 cm³/mol. The van der Waals surface area contributed by atoms with Gasteiger partial charge in [0, 0.05) is 18.7 Å². The Bertz CT molecular complexity index is 653. The van der Waals surface area contributed by atoms with Gasteiger partial charge in [-0.15, -0.1) is 12.4 Å². The van der Waals surface area contributed by atoms with Crippen molar-refractivity contribution in [3.05, 3.63) is 60.2 Å². The minimum absolute atomic E-state index is 0. The van der Waals surface area contributed by atoms with Crippen LogP contribution in [0.25, 0.3) is 0 Å². The molecule has 2 aromatic carbocycles. The Morgan fingerprint density at radius 1 is 1.04 bits per heavy atom. The fraction of sp³-hybridized carbons (Fsp3) is 0.350. The Hall–Kier alpha value is -2.04. The van der Waals surface area contributed by atoms with Crippen molar-refractivity contribution in [1.82, 2.24) is 10.2 Å². The molecule has 1 fully saturated rings. The van der Waals surface area contributed by atoms with E-state index in [1.807, 2.05) is 66.5 Å². The second-order valence-electron chi connectivity index (χ2n) is 6.23. The Morgan fingerprint density at radius 3 is 2.24 bits per heavy atom.